The Morgan fingerprint density at radius 1 is 1.91 bits per heavy atom. The van der Waals surface area contributed by atoms with E-state index in [4.69, 9.17) is 5.11 Å². The van der Waals surface area contributed by atoms with Crippen LogP contribution in [-0.4, -0.2) is 22.1 Å². The van der Waals surface area contributed by atoms with E-state index in [0.717, 1.165) is 0 Å². The minimum Gasteiger partial charge on any atom is -0.480 e. The lowest BCUT2D eigenvalue weighted by atomic mass is 10.4. The van der Waals surface area contributed by atoms with Crippen molar-refractivity contribution in [3.63, 3.8) is 0 Å². The summed E-state index contributed by atoms with van der Waals surface area (Å²) < 4.78 is 0. The summed E-state index contributed by atoms with van der Waals surface area (Å²) in [6.07, 6.45) is 1.63. The van der Waals surface area contributed by atoms with Gasteiger partial charge in [-0.3, -0.25) is 4.79 Å². The van der Waals surface area contributed by atoms with Crippen LogP contribution in [0.4, 0.5) is 5.13 Å². The van der Waals surface area contributed by atoms with Gasteiger partial charge in [0, 0.05) is 11.6 Å². The first-order valence-corrected chi connectivity index (χ1v) is 3.97. The normalized spacial score (nSPS) is 12.5. The molecule has 1 heterocycles. The number of carbonyl (C=O) groups is 1. The number of nitrogens with zero attached hydrogens (tertiary/aromatic N) is 1. The van der Waals surface area contributed by atoms with E-state index in [2.05, 4.69) is 10.3 Å². The molecule has 0 fully saturated rings. The van der Waals surface area contributed by atoms with Crippen molar-refractivity contribution >= 4 is 22.4 Å². The highest BCUT2D eigenvalue weighted by Crippen LogP contribution is 2.11. The first kappa shape index (κ1) is 8.00. The number of anilines is 1. The summed E-state index contributed by atoms with van der Waals surface area (Å²) in [5.41, 5.74) is 0. The van der Waals surface area contributed by atoms with Crippen LogP contribution in [0.15, 0.2) is 11.6 Å². The van der Waals surface area contributed by atoms with Gasteiger partial charge >= 0.3 is 5.97 Å². The standard InChI is InChI=1S/C6H8N2O2S/c1-4(5(9)10)8-6-7-2-3-11-6/h2-4H,1H3,(H,7,8)(H,9,10)/t4-/m1/s1. The predicted molar refractivity (Wildman–Crippen MR) is 42.8 cm³/mol. The monoisotopic (exact) mass is 172 g/mol. The lowest BCUT2D eigenvalue weighted by Gasteiger charge is -2.05. The fourth-order valence-electron chi connectivity index (χ4n) is 0.542. The van der Waals surface area contributed by atoms with Crippen LogP contribution in [0.2, 0.25) is 0 Å². The van der Waals surface area contributed by atoms with Crippen molar-refractivity contribution < 1.29 is 9.90 Å². The third-order valence-electron chi connectivity index (χ3n) is 1.14. The maximum atomic E-state index is 10.3. The largest absolute Gasteiger partial charge is 0.480 e. The molecule has 0 saturated carbocycles. The molecule has 4 nitrogen and oxygen atoms in total. The number of hydrogen-bond acceptors (Lipinski definition) is 4. The molecule has 0 aliphatic heterocycles. The van der Waals surface area contributed by atoms with E-state index in [0.29, 0.717) is 5.13 Å². The van der Waals surface area contributed by atoms with Gasteiger partial charge in [0.05, 0.1) is 0 Å². The molecule has 1 rings (SSSR count). The smallest absolute Gasteiger partial charge is 0.325 e. The quantitative estimate of drug-likeness (QED) is 0.714. The molecular weight excluding hydrogens is 164 g/mol. The molecule has 0 unspecified atom stereocenters. The summed E-state index contributed by atoms with van der Waals surface area (Å²) >= 11 is 1.38. The van der Waals surface area contributed by atoms with E-state index >= 15 is 0 Å². The van der Waals surface area contributed by atoms with Gasteiger partial charge in [-0.15, -0.1) is 11.3 Å². The van der Waals surface area contributed by atoms with Crippen LogP contribution < -0.4 is 5.32 Å². The van der Waals surface area contributed by atoms with Gasteiger partial charge in [-0.2, -0.15) is 0 Å². The van der Waals surface area contributed by atoms with Gasteiger partial charge in [0.1, 0.15) is 6.04 Å². The predicted octanol–water partition coefficient (Wildman–Crippen LogP) is 1.03. The molecule has 5 heteroatoms. The second-order valence-corrected chi connectivity index (χ2v) is 2.94. The average Bonchev–Trinajstić information content (AvgIpc) is 2.39. The number of aromatic nitrogens is 1. The summed E-state index contributed by atoms with van der Waals surface area (Å²) in [5, 5.41) is 13.7. The van der Waals surface area contributed by atoms with E-state index in [1.54, 1.807) is 18.5 Å². The molecule has 60 valence electrons. The van der Waals surface area contributed by atoms with E-state index < -0.39 is 12.0 Å². The SMILES string of the molecule is C[C@@H](Nc1nccs1)C(=O)O. The second kappa shape index (κ2) is 3.34. The van der Waals surface area contributed by atoms with E-state index in [9.17, 15) is 4.79 Å². The third-order valence-corrected chi connectivity index (χ3v) is 1.85. The summed E-state index contributed by atoms with van der Waals surface area (Å²) in [5.74, 6) is -0.875. The summed E-state index contributed by atoms with van der Waals surface area (Å²) in [6.45, 7) is 1.57. The molecule has 0 spiro atoms. The molecular formula is C6H8N2O2S. The lowest BCUT2D eigenvalue weighted by molar-refractivity contribution is -0.137. The van der Waals surface area contributed by atoms with Gasteiger partial charge in [0.2, 0.25) is 0 Å². The highest BCUT2D eigenvalue weighted by atomic mass is 32.1. The molecule has 1 aromatic heterocycles. The van der Waals surface area contributed by atoms with Crippen LogP contribution in [0.3, 0.4) is 0 Å². The third kappa shape index (κ3) is 2.19. The highest BCUT2D eigenvalue weighted by Gasteiger charge is 2.10. The Balaban J connectivity index is 2.50. The number of carboxylic acids is 1. The number of hydrogen-bond donors (Lipinski definition) is 2. The Hall–Kier alpha value is -1.10. The Labute approximate surface area is 67.9 Å². The molecule has 2 N–H and O–H groups in total. The Bertz CT molecular complexity index is 235. The molecule has 0 saturated heterocycles. The second-order valence-electron chi connectivity index (χ2n) is 2.04. The maximum Gasteiger partial charge on any atom is 0.325 e. The van der Waals surface area contributed by atoms with Crippen molar-refractivity contribution in [2.45, 2.75) is 13.0 Å². The first-order chi connectivity index (χ1) is 5.20. The summed E-state index contributed by atoms with van der Waals surface area (Å²) in [7, 11) is 0. The Morgan fingerprint density at radius 2 is 2.64 bits per heavy atom. The number of nitrogens with one attached hydrogen (secondary N) is 1. The van der Waals surface area contributed by atoms with Crippen molar-refractivity contribution in [1.29, 1.82) is 0 Å². The molecule has 0 radical (unpaired) electrons. The van der Waals surface area contributed by atoms with Gasteiger partial charge in [0.25, 0.3) is 0 Å². The molecule has 0 aliphatic rings. The number of rotatable bonds is 3. The maximum absolute atomic E-state index is 10.3. The zero-order valence-electron chi connectivity index (χ0n) is 5.94. The minimum atomic E-state index is -0.875. The fourth-order valence-corrected chi connectivity index (χ4v) is 1.16. The topological polar surface area (TPSA) is 62.2 Å². The van der Waals surface area contributed by atoms with Crippen molar-refractivity contribution in [2.75, 3.05) is 5.32 Å². The molecule has 0 bridgehead atoms. The van der Waals surface area contributed by atoms with Gasteiger partial charge in [-0.05, 0) is 6.92 Å². The van der Waals surface area contributed by atoms with Gasteiger partial charge in [0.15, 0.2) is 5.13 Å². The molecule has 1 atom stereocenters. The van der Waals surface area contributed by atoms with Crippen molar-refractivity contribution in [1.82, 2.24) is 4.98 Å². The van der Waals surface area contributed by atoms with Crippen LogP contribution >= 0.6 is 11.3 Å². The highest BCUT2D eigenvalue weighted by molar-refractivity contribution is 7.13. The van der Waals surface area contributed by atoms with E-state index in [-0.39, 0.29) is 0 Å². The van der Waals surface area contributed by atoms with Crippen molar-refractivity contribution in [2.24, 2.45) is 0 Å². The molecule has 0 aliphatic carbocycles. The van der Waals surface area contributed by atoms with E-state index in [1.807, 2.05) is 0 Å². The van der Waals surface area contributed by atoms with Crippen LogP contribution in [0.25, 0.3) is 0 Å². The molecule has 0 amide bonds. The average molecular weight is 172 g/mol. The minimum absolute atomic E-state index is 0.582. The van der Waals surface area contributed by atoms with Gasteiger partial charge < -0.3 is 10.4 Å². The number of carboxylic acid groups (broad SMARTS) is 1. The number of thiazole rings is 1. The fraction of sp³-hybridized carbons (Fsp3) is 0.333. The summed E-state index contributed by atoms with van der Waals surface area (Å²) in [6, 6.07) is -0.582. The van der Waals surface area contributed by atoms with Crippen molar-refractivity contribution in [3.05, 3.63) is 11.6 Å². The van der Waals surface area contributed by atoms with Crippen LogP contribution in [0.5, 0.6) is 0 Å². The van der Waals surface area contributed by atoms with Crippen molar-refractivity contribution in [3.8, 4) is 0 Å². The number of aliphatic carboxylic acids is 1. The van der Waals surface area contributed by atoms with Crippen LogP contribution in [0, 0.1) is 0 Å². The van der Waals surface area contributed by atoms with E-state index in [1.165, 1.54) is 11.3 Å². The molecule has 1 aromatic rings. The Kier molecular flexibility index (Phi) is 2.43. The zero-order chi connectivity index (χ0) is 8.27. The van der Waals surface area contributed by atoms with Crippen LogP contribution in [-0.2, 0) is 4.79 Å². The molecule has 0 aromatic carbocycles. The molecule has 11 heavy (non-hydrogen) atoms. The zero-order valence-corrected chi connectivity index (χ0v) is 6.76. The van der Waals surface area contributed by atoms with Crippen LogP contribution in [0.1, 0.15) is 6.92 Å². The summed E-state index contributed by atoms with van der Waals surface area (Å²) in [4.78, 5) is 14.2. The van der Waals surface area contributed by atoms with Gasteiger partial charge in [-0.25, -0.2) is 4.98 Å². The van der Waals surface area contributed by atoms with Gasteiger partial charge in [-0.1, -0.05) is 0 Å². The Morgan fingerprint density at radius 3 is 3.09 bits per heavy atom. The first-order valence-electron chi connectivity index (χ1n) is 3.09. The lowest BCUT2D eigenvalue weighted by Crippen LogP contribution is -2.25.